The number of rotatable bonds is 16. The Bertz CT molecular complexity index is 555. The molecule has 0 saturated heterocycles. The molecule has 0 aromatic heterocycles. The molecule has 0 saturated carbocycles. The molecule has 1 N–H and O–H groups in total. The number of ether oxygens (including phenoxy) is 1. The number of aliphatic hydroxyl groups is 1. The third-order valence-corrected chi connectivity index (χ3v) is 5.57. The number of allylic oxidation sites excluding steroid dienone is 3. The van der Waals surface area contributed by atoms with Crippen LogP contribution in [-0.2, 0) is 4.74 Å². The summed E-state index contributed by atoms with van der Waals surface area (Å²) in [7, 11) is 0. The SMILES string of the molecule is CCC/C=C\C=NCN(CCCCCCC(O)C(C)C)C1N=CC=C(OCC)C1C. The molecule has 0 fully saturated rings. The standard InChI is InChI=1S/C25H45N3O2/c1-6-8-9-13-17-26-20-28(19-14-11-10-12-15-23(29)21(3)4)25-22(5)24(30-7-2)16-18-27-25/h9,13,16-18,21-23,25,29H,6-8,10-12,14-15,19-20H2,1-5H3/b13-9-,26-17?. The molecule has 1 aliphatic rings. The molecule has 0 aromatic carbocycles. The first-order valence-electron chi connectivity index (χ1n) is 11.9. The van der Waals surface area contributed by atoms with Crippen LogP contribution in [0.15, 0.2) is 34.0 Å². The molecule has 1 rings (SSSR count). The van der Waals surface area contributed by atoms with Gasteiger partial charge in [-0.3, -0.25) is 14.9 Å². The maximum Gasteiger partial charge on any atom is 0.113 e. The molecule has 5 nitrogen and oxygen atoms in total. The van der Waals surface area contributed by atoms with E-state index in [1.807, 2.05) is 31.5 Å². The summed E-state index contributed by atoms with van der Waals surface area (Å²) in [5.74, 6) is 1.59. The van der Waals surface area contributed by atoms with Crippen LogP contribution in [0.25, 0.3) is 0 Å². The fourth-order valence-corrected chi connectivity index (χ4v) is 3.57. The average molecular weight is 420 g/mol. The highest BCUT2D eigenvalue weighted by Gasteiger charge is 2.28. The zero-order valence-electron chi connectivity index (χ0n) is 20.0. The summed E-state index contributed by atoms with van der Waals surface area (Å²) < 4.78 is 5.81. The highest BCUT2D eigenvalue weighted by Crippen LogP contribution is 2.25. The molecule has 30 heavy (non-hydrogen) atoms. The van der Waals surface area contributed by atoms with Gasteiger partial charge < -0.3 is 9.84 Å². The van der Waals surface area contributed by atoms with E-state index in [9.17, 15) is 5.11 Å². The number of unbranched alkanes of at least 4 members (excludes halogenated alkanes) is 4. The predicted molar refractivity (Wildman–Crippen MR) is 129 cm³/mol. The number of aliphatic imine (C=N–C) groups is 2. The fourth-order valence-electron chi connectivity index (χ4n) is 3.57. The van der Waals surface area contributed by atoms with Gasteiger partial charge in [-0.05, 0) is 44.3 Å². The van der Waals surface area contributed by atoms with E-state index in [1.54, 1.807) is 0 Å². The predicted octanol–water partition coefficient (Wildman–Crippen LogP) is 5.61. The third kappa shape index (κ3) is 10.5. The zero-order chi connectivity index (χ0) is 22.2. The van der Waals surface area contributed by atoms with E-state index in [4.69, 9.17) is 9.73 Å². The van der Waals surface area contributed by atoms with Gasteiger partial charge in [-0.1, -0.05) is 59.5 Å². The van der Waals surface area contributed by atoms with Crippen LogP contribution in [0.2, 0.25) is 0 Å². The van der Waals surface area contributed by atoms with Crippen molar-refractivity contribution in [2.75, 3.05) is 19.8 Å². The van der Waals surface area contributed by atoms with E-state index >= 15 is 0 Å². The lowest BCUT2D eigenvalue weighted by Gasteiger charge is -2.34. The van der Waals surface area contributed by atoms with Gasteiger partial charge in [-0.2, -0.15) is 0 Å². The molecule has 0 amide bonds. The summed E-state index contributed by atoms with van der Waals surface area (Å²) in [6, 6.07) is 0. The van der Waals surface area contributed by atoms with E-state index in [1.165, 1.54) is 6.42 Å². The molecule has 0 spiro atoms. The van der Waals surface area contributed by atoms with Crippen molar-refractivity contribution in [1.29, 1.82) is 0 Å². The molecule has 1 heterocycles. The summed E-state index contributed by atoms with van der Waals surface area (Å²) in [5.41, 5.74) is 0. The molecule has 172 valence electrons. The molecular weight excluding hydrogens is 374 g/mol. The van der Waals surface area contributed by atoms with Crippen molar-refractivity contribution in [3.63, 3.8) is 0 Å². The van der Waals surface area contributed by atoms with Crippen LogP contribution in [0.5, 0.6) is 0 Å². The second kappa shape index (κ2) is 16.3. The monoisotopic (exact) mass is 419 g/mol. The number of hydrogen-bond donors (Lipinski definition) is 1. The van der Waals surface area contributed by atoms with Crippen LogP contribution in [-0.4, -0.2) is 54.5 Å². The maximum atomic E-state index is 9.95. The molecule has 3 unspecified atom stereocenters. The lowest BCUT2D eigenvalue weighted by Crippen LogP contribution is -2.41. The molecule has 5 heteroatoms. The van der Waals surface area contributed by atoms with Crippen molar-refractivity contribution in [2.24, 2.45) is 21.8 Å². The first-order valence-corrected chi connectivity index (χ1v) is 11.9. The van der Waals surface area contributed by atoms with Gasteiger partial charge in [0.15, 0.2) is 0 Å². The Hall–Kier alpha value is -1.46. The van der Waals surface area contributed by atoms with Crippen molar-refractivity contribution < 1.29 is 9.84 Å². The summed E-state index contributed by atoms with van der Waals surface area (Å²) in [6.45, 7) is 12.8. The van der Waals surface area contributed by atoms with Gasteiger partial charge in [0.2, 0.25) is 0 Å². The highest BCUT2D eigenvalue weighted by molar-refractivity contribution is 5.73. The second-order valence-corrected chi connectivity index (χ2v) is 8.52. The normalized spacial score (nSPS) is 20.6. The van der Waals surface area contributed by atoms with E-state index in [-0.39, 0.29) is 18.2 Å². The summed E-state index contributed by atoms with van der Waals surface area (Å²) in [4.78, 5) is 11.7. The molecule has 3 atom stereocenters. The minimum absolute atomic E-state index is 0.0658. The van der Waals surface area contributed by atoms with E-state index in [2.05, 4.69) is 43.7 Å². The molecule has 0 bridgehead atoms. The number of nitrogens with zero attached hydrogens (tertiary/aromatic N) is 3. The molecule has 0 aromatic rings. The molecule has 0 aliphatic carbocycles. The van der Waals surface area contributed by atoms with Crippen molar-refractivity contribution in [1.82, 2.24) is 4.90 Å². The van der Waals surface area contributed by atoms with Crippen molar-refractivity contribution in [3.05, 3.63) is 24.0 Å². The number of aliphatic hydroxyl groups excluding tert-OH is 1. The first-order chi connectivity index (χ1) is 14.5. The van der Waals surface area contributed by atoms with Crippen molar-refractivity contribution >= 4 is 12.4 Å². The second-order valence-electron chi connectivity index (χ2n) is 8.52. The molecular formula is C25H45N3O2. The van der Waals surface area contributed by atoms with Gasteiger partial charge >= 0.3 is 0 Å². The van der Waals surface area contributed by atoms with Crippen LogP contribution in [0.3, 0.4) is 0 Å². The van der Waals surface area contributed by atoms with E-state index < -0.39 is 0 Å². The Kier molecular flexibility index (Phi) is 14.4. The smallest absolute Gasteiger partial charge is 0.113 e. The lowest BCUT2D eigenvalue weighted by molar-refractivity contribution is 0.111. The molecule has 1 aliphatic heterocycles. The Morgan fingerprint density at radius 1 is 1.23 bits per heavy atom. The maximum absolute atomic E-state index is 9.95. The highest BCUT2D eigenvalue weighted by atomic mass is 16.5. The quantitative estimate of drug-likeness (QED) is 0.261. The average Bonchev–Trinajstić information content (AvgIpc) is 2.73. The fraction of sp³-hybridized carbons (Fsp3) is 0.760. The van der Waals surface area contributed by atoms with Gasteiger partial charge in [-0.15, -0.1) is 0 Å². The summed E-state index contributed by atoms with van der Waals surface area (Å²) >= 11 is 0. The van der Waals surface area contributed by atoms with Crippen LogP contribution in [0.4, 0.5) is 0 Å². The van der Waals surface area contributed by atoms with Crippen LogP contribution >= 0.6 is 0 Å². The first kappa shape index (κ1) is 26.6. The van der Waals surface area contributed by atoms with Gasteiger partial charge in [-0.25, -0.2) is 0 Å². The van der Waals surface area contributed by atoms with Crippen molar-refractivity contribution in [2.45, 2.75) is 91.8 Å². The minimum atomic E-state index is -0.169. The van der Waals surface area contributed by atoms with Gasteiger partial charge in [0.1, 0.15) is 11.9 Å². The Morgan fingerprint density at radius 2 is 2.00 bits per heavy atom. The van der Waals surface area contributed by atoms with E-state index in [0.717, 1.165) is 50.8 Å². The summed E-state index contributed by atoms with van der Waals surface area (Å²) in [6.07, 6.45) is 17.6. The minimum Gasteiger partial charge on any atom is -0.498 e. The Morgan fingerprint density at radius 3 is 2.70 bits per heavy atom. The van der Waals surface area contributed by atoms with Crippen LogP contribution < -0.4 is 0 Å². The molecule has 0 radical (unpaired) electrons. The van der Waals surface area contributed by atoms with Crippen LogP contribution in [0.1, 0.15) is 79.6 Å². The number of dihydropyridines is 1. The zero-order valence-corrected chi connectivity index (χ0v) is 20.0. The lowest BCUT2D eigenvalue weighted by atomic mass is 10.00. The van der Waals surface area contributed by atoms with Gasteiger partial charge in [0, 0.05) is 24.9 Å². The summed E-state index contributed by atoms with van der Waals surface area (Å²) in [5, 5.41) is 9.95. The van der Waals surface area contributed by atoms with Crippen molar-refractivity contribution in [3.8, 4) is 0 Å². The number of hydrogen-bond acceptors (Lipinski definition) is 5. The third-order valence-electron chi connectivity index (χ3n) is 5.57. The topological polar surface area (TPSA) is 57.4 Å². The van der Waals surface area contributed by atoms with Gasteiger partial charge in [0.25, 0.3) is 0 Å². The Labute approximate surface area is 185 Å². The largest absolute Gasteiger partial charge is 0.498 e. The van der Waals surface area contributed by atoms with Gasteiger partial charge in [0.05, 0.1) is 19.4 Å². The van der Waals surface area contributed by atoms with Crippen LogP contribution in [0, 0.1) is 11.8 Å². The van der Waals surface area contributed by atoms with E-state index in [0.29, 0.717) is 19.2 Å². The Balaban J connectivity index is 2.56.